The fourth-order valence-electron chi connectivity index (χ4n) is 2.72. The normalized spacial score (nSPS) is 10.8. The second kappa shape index (κ2) is 7.57. The maximum Gasteiger partial charge on any atom is 0.354 e. The summed E-state index contributed by atoms with van der Waals surface area (Å²) in [5, 5.41) is 10.3. The summed E-state index contributed by atoms with van der Waals surface area (Å²) < 4.78 is 1.74. The summed E-state index contributed by atoms with van der Waals surface area (Å²) in [5.74, 6) is -0.0575. The van der Waals surface area contributed by atoms with E-state index in [9.17, 15) is 9.90 Å². The zero-order chi connectivity index (χ0) is 17.8. The minimum absolute atomic E-state index is 0.228. The number of aromatic carboxylic acids is 1. The van der Waals surface area contributed by atoms with Gasteiger partial charge < -0.3 is 5.11 Å². The molecule has 0 aliphatic carbocycles. The fraction of sp³-hybridized carbons (Fsp3) is 0.200. The number of benzene rings is 2. The van der Waals surface area contributed by atoms with Gasteiger partial charge in [0.05, 0.1) is 5.69 Å². The molecule has 0 unspecified atom stereocenters. The molecule has 1 N–H and O–H groups in total. The molecule has 0 saturated carbocycles. The number of carboxylic acid groups (broad SMARTS) is 1. The minimum atomic E-state index is -0.958. The van der Waals surface area contributed by atoms with Crippen LogP contribution in [0.4, 0.5) is 0 Å². The van der Waals surface area contributed by atoms with Crippen molar-refractivity contribution in [1.82, 2.24) is 9.55 Å². The molecule has 3 rings (SSSR count). The van der Waals surface area contributed by atoms with E-state index < -0.39 is 5.97 Å². The summed E-state index contributed by atoms with van der Waals surface area (Å²) in [6.45, 7) is 3.84. The number of nitrogens with zero attached hydrogens (tertiary/aromatic N) is 2. The molecule has 2 aromatic carbocycles. The van der Waals surface area contributed by atoms with E-state index in [-0.39, 0.29) is 5.69 Å². The van der Waals surface area contributed by atoms with Crippen molar-refractivity contribution in [3.05, 3.63) is 66.0 Å². The van der Waals surface area contributed by atoms with Crippen molar-refractivity contribution in [3.63, 3.8) is 0 Å². The smallest absolute Gasteiger partial charge is 0.354 e. The molecular formula is C20H20N2O2S. The molecule has 1 aromatic heterocycles. The summed E-state index contributed by atoms with van der Waals surface area (Å²) in [6, 6.07) is 18.0. The molecule has 3 aromatic rings. The van der Waals surface area contributed by atoms with Gasteiger partial charge in [-0.1, -0.05) is 61.2 Å². The lowest BCUT2D eigenvalue weighted by molar-refractivity contribution is 0.0686. The summed E-state index contributed by atoms with van der Waals surface area (Å²) in [5.41, 5.74) is 3.82. The van der Waals surface area contributed by atoms with Crippen LogP contribution in [0.2, 0.25) is 0 Å². The van der Waals surface area contributed by atoms with Gasteiger partial charge in [-0.3, -0.25) is 4.57 Å². The van der Waals surface area contributed by atoms with E-state index in [0.29, 0.717) is 5.69 Å². The number of hydrogen-bond donors (Lipinski definition) is 1. The highest BCUT2D eigenvalue weighted by atomic mass is 32.2. The van der Waals surface area contributed by atoms with E-state index in [0.717, 1.165) is 34.1 Å². The predicted molar refractivity (Wildman–Crippen MR) is 102 cm³/mol. The second-order valence-corrected chi connectivity index (χ2v) is 6.79. The summed E-state index contributed by atoms with van der Waals surface area (Å²) in [7, 11) is 0. The minimum Gasteiger partial charge on any atom is -0.477 e. The molecule has 0 aliphatic rings. The molecule has 0 spiro atoms. The Labute approximate surface area is 151 Å². The average Bonchev–Trinajstić information content (AvgIpc) is 2.97. The molecule has 0 aliphatic heterocycles. The van der Waals surface area contributed by atoms with Gasteiger partial charge in [-0.05, 0) is 36.6 Å². The van der Waals surface area contributed by atoms with Crippen LogP contribution in [-0.4, -0.2) is 26.4 Å². The first-order chi connectivity index (χ1) is 12.1. The average molecular weight is 352 g/mol. The van der Waals surface area contributed by atoms with Crippen LogP contribution in [0.15, 0.2) is 59.8 Å². The van der Waals surface area contributed by atoms with Crippen LogP contribution in [0.3, 0.4) is 0 Å². The van der Waals surface area contributed by atoms with Gasteiger partial charge >= 0.3 is 5.97 Å². The van der Waals surface area contributed by atoms with Gasteiger partial charge in [0.2, 0.25) is 0 Å². The SMILES string of the molecule is CCCSc1nc(C)c(C(=O)O)n1-c1ccc(-c2ccccc2)cc1. The number of thioether (sulfide) groups is 1. The highest BCUT2D eigenvalue weighted by molar-refractivity contribution is 7.99. The number of hydrogen-bond acceptors (Lipinski definition) is 3. The van der Waals surface area contributed by atoms with E-state index >= 15 is 0 Å². The number of aryl methyl sites for hydroxylation is 1. The second-order valence-electron chi connectivity index (χ2n) is 5.73. The lowest BCUT2D eigenvalue weighted by Crippen LogP contribution is -2.09. The third-order valence-electron chi connectivity index (χ3n) is 3.89. The van der Waals surface area contributed by atoms with Gasteiger partial charge in [0.25, 0.3) is 0 Å². The van der Waals surface area contributed by atoms with Crippen LogP contribution >= 0.6 is 11.8 Å². The van der Waals surface area contributed by atoms with Crippen LogP contribution in [0.25, 0.3) is 16.8 Å². The summed E-state index contributed by atoms with van der Waals surface area (Å²) in [4.78, 5) is 16.2. The number of carboxylic acids is 1. The zero-order valence-corrected chi connectivity index (χ0v) is 15.1. The predicted octanol–water partition coefficient (Wildman–Crippen LogP) is 5.05. The van der Waals surface area contributed by atoms with E-state index in [1.807, 2.05) is 42.5 Å². The topological polar surface area (TPSA) is 55.1 Å². The molecule has 0 atom stereocenters. The number of rotatable bonds is 6. The molecule has 0 radical (unpaired) electrons. The number of imidazole rings is 1. The van der Waals surface area contributed by atoms with Crippen LogP contribution in [0.5, 0.6) is 0 Å². The highest BCUT2D eigenvalue weighted by Crippen LogP contribution is 2.28. The third kappa shape index (κ3) is 3.61. The van der Waals surface area contributed by atoms with E-state index in [4.69, 9.17) is 0 Å². The van der Waals surface area contributed by atoms with Crippen LogP contribution in [0.1, 0.15) is 29.5 Å². The standard InChI is InChI=1S/C20H20N2O2S/c1-3-13-25-20-21-14(2)18(19(23)24)22(20)17-11-9-16(10-12-17)15-7-5-4-6-8-15/h4-12H,3,13H2,1-2H3,(H,23,24). The molecule has 0 amide bonds. The third-order valence-corrected chi connectivity index (χ3v) is 5.04. The van der Waals surface area contributed by atoms with Crippen molar-refractivity contribution in [2.45, 2.75) is 25.4 Å². The highest BCUT2D eigenvalue weighted by Gasteiger charge is 2.21. The first-order valence-corrected chi connectivity index (χ1v) is 9.21. The Bertz CT molecular complexity index is 871. The summed E-state index contributed by atoms with van der Waals surface area (Å²) >= 11 is 1.58. The van der Waals surface area contributed by atoms with Crippen LogP contribution in [0, 0.1) is 6.92 Å². The van der Waals surface area contributed by atoms with Crippen LogP contribution < -0.4 is 0 Å². The lowest BCUT2D eigenvalue weighted by Gasteiger charge is -2.11. The van der Waals surface area contributed by atoms with Gasteiger partial charge in [0.15, 0.2) is 10.9 Å². The zero-order valence-electron chi connectivity index (χ0n) is 14.3. The van der Waals surface area contributed by atoms with Gasteiger partial charge in [0, 0.05) is 11.4 Å². The van der Waals surface area contributed by atoms with Crippen molar-refractivity contribution in [3.8, 4) is 16.8 Å². The number of aromatic nitrogens is 2. The molecule has 0 fully saturated rings. The molecular weight excluding hydrogens is 332 g/mol. The maximum absolute atomic E-state index is 11.7. The first kappa shape index (κ1) is 17.3. The van der Waals surface area contributed by atoms with Crippen molar-refractivity contribution >= 4 is 17.7 Å². The maximum atomic E-state index is 11.7. The Hall–Kier alpha value is -2.53. The molecule has 5 heteroatoms. The Morgan fingerprint density at radius 3 is 2.32 bits per heavy atom. The van der Waals surface area contributed by atoms with E-state index in [1.165, 1.54) is 0 Å². The van der Waals surface area contributed by atoms with Gasteiger partial charge in [-0.2, -0.15) is 0 Å². The van der Waals surface area contributed by atoms with E-state index in [1.54, 1.807) is 23.3 Å². The fourth-order valence-corrected chi connectivity index (χ4v) is 3.63. The van der Waals surface area contributed by atoms with Gasteiger partial charge in [0.1, 0.15) is 0 Å². The molecule has 128 valence electrons. The molecule has 25 heavy (non-hydrogen) atoms. The monoisotopic (exact) mass is 352 g/mol. The van der Waals surface area contributed by atoms with Crippen molar-refractivity contribution < 1.29 is 9.90 Å². The molecule has 0 saturated heterocycles. The Balaban J connectivity index is 2.04. The van der Waals surface area contributed by atoms with Crippen molar-refractivity contribution in [2.24, 2.45) is 0 Å². The Morgan fingerprint density at radius 1 is 1.08 bits per heavy atom. The van der Waals surface area contributed by atoms with Crippen LogP contribution in [-0.2, 0) is 0 Å². The van der Waals surface area contributed by atoms with E-state index in [2.05, 4.69) is 24.0 Å². The lowest BCUT2D eigenvalue weighted by atomic mass is 10.1. The van der Waals surface area contributed by atoms with Crippen molar-refractivity contribution in [2.75, 3.05) is 5.75 Å². The van der Waals surface area contributed by atoms with Crippen molar-refractivity contribution in [1.29, 1.82) is 0 Å². The summed E-state index contributed by atoms with van der Waals surface area (Å²) in [6.07, 6.45) is 1.01. The molecule has 1 heterocycles. The first-order valence-electron chi connectivity index (χ1n) is 8.23. The van der Waals surface area contributed by atoms with Gasteiger partial charge in [-0.25, -0.2) is 9.78 Å². The Morgan fingerprint density at radius 2 is 1.72 bits per heavy atom. The molecule has 4 nitrogen and oxygen atoms in total. The largest absolute Gasteiger partial charge is 0.477 e. The molecule has 0 bridgehead atoms. The quantitative estimate of drug-likeness (QED) is 0.631. The number of carbonyl (C=O) groups is 1. The van der Waals surface area contributed by atoms with Gasteiger partial charge in [-0.15, -0.1) is 0 Å². The Kier molecular flexibility index (Phi) is 5.24.